The summed E-state index contributed by atoms with van der Waals surface area (Å²) in [6, 6.07) is 0. The SMILES string of the molecule is C=C=C=C=C/C=C/C=C/CCCCC(=O)O. The van der Waals surface area contributed by atoms with Crippen molar-refractivity contribution < 1.29 is 9.90 Å². The number of rotatable bonds is 7. The van der Waals surface area contributed by atoms with E-state index in [0.29, 0.717) is 0 Å². The number of carbonyl (C=O) groups is 1. The van der Waals surface area contributed by atoms with Gasteiger partial charge in [-0.25, -0.2) is 0 Å². The molecule has 0 heterocycles. The zero-order valence-corrected chi connectivity index (χ0v) is 9.28. The van der Waals surface area contributed by atoms with Crippen molar-refractivity contribution in [1.82, 2.24) is 0 Å². The van der Waals surface area contributed by atoms with Gasteiger partial charge in [-0.3, -0.25) is 4.79 Å². The smallest absolute Gasteiger partial charge is 0.303 e. The Morgan fingerprint density at radius 1 is 1.25 bits per heavy atom. The first kappa shape index (κ1) is 14.0. The Kier molecular flexibility index (Phi) is 9.74. The van der Waals surface area contributed by atoms with Gasteiger partial charge in [-0.2, -0.15) is 0 Å². The van der Waals surface area contributed by atoms with E-state index in [-0.39, 0.29) is 6.42 Å². The molecule has 0 aromatic carbocycles. The Morgan fingerprint density at radius 3 is 2.75 bits per heavy atom. The van der Waals surface area contributed by atoms with Gasteiger partial charge >= 0.3 is 5.97 Å². The summed E-state index contributed by atoms with van der Waals surface area (Å²) in [6.45, 7) is 3.35. The summed E-state index contributed by atoms with van der Waals surface area (Å²) in [6.07, 6.45) is 12.2. The maximum absolute atomic E-state index is 10.2. The molecule has 0 radical (unpaired) electrons. The summed E-state index contributed by atoms with van der Waals surface area (Å²) in [7, 11) is 0. The number of carboxylic acid groups (broad SMARTS) is 1. The van der Waals surface area contributed by atoms with E-state index >= 15 is 0 Å². The average molecular weight is 216 g/mol. The highest BCUT2D eigenvalue weighted by atomic mass is 16.4. The fourth-order valence-electron chi connectivity index (χ4n) is 0.974. The zero-order valence-electron chi connectivity index (χ0n) is 9.28. The molecule has 2 nitrogen and oxygen atoms in total. The fraction of sp³-hybridized carbons (Fsp3) is 0.286. The lowest BCUT2D eigenvalue weighted by molar-refractivity contribution is -0.137. The molecule has 0 spiro atoms. The van der Waals surface area contributed by atoms with Crippen LogP contribution in [-0.4, -0.2) is 11.1 Å². The number of hydrogen-bond donors (Lipinski definition) is 1. The Labute approximate surface area is 96.3 Å². The second-order valence-corrected chi connectivity index (χ2v) is 3.07. The minimum Gasteiger partial charge on any atom is -0.481 e. The van der Waals surface area contributed by atoms with E-state index in [0.717, 1.165) is 19.3 Å². The predicted molar refractivity (Wildman–Crippen MR) is 65.1 cm³/mol. The molecule has 0 aliphatic heterocycles. The summed E-state index contributed by atoms with van der Waals surface area (Å²) in [5.41, 5.74) is 7.76. The highest BCUT2D eigenvalue weighted by molar-refractivity contribution is 5.66. The monoisotopic (exact) mass is 216 g/mol. The van der Waals surface area contributed by atoms with Gasteiger partial charge in [0.2, 0.25) is 0 Å². The van der Waals surface area contributed by atoms with Crippen molar-refractivity contribution in [2.75, 3.05) is 0 Å². The topological polar surface area (TPSA) is 37.3 Å². The van der Waals surface area contributed by atoms with Gasteiger partial charge in [0.05, 0.1) is 0 Å². The summed E-state index contributed by atoms with van der Waals surface area (Å²) in [5, 5.41) is 8.40. The van der Waals surface area contributed by atoms with Crippen molar-refractivity contribution in [2.45, 2.75) is 25.7 Å². The van der Waals surface area contributed by atoms with Gasteiger partial charge in [-0.1, -0.05) is 35.8 Å². The Morgan fingerprint density at radius 2 is 2.06 bits per heavy atom. The number of aliphatic carboxylic acids is 1. The normalized spacial score (nSPS) is 9.75. The first-order valence-corrected chi connectivity index (χ1v) is 5.17. The minimum absolute atomic E-state index is 0.255. The number of carboxylic acids is 1. The van der Waals surface area contributed by atoms with Crippen molar-refractivity contribution in [1.29, 1.82) is 0 Å². The summed E-state index contributed by atoms with van der Waals surface area (Å²) < 4.78 is 0. The van der Waals surface area contributed by atoms with E-state index in [9.17, 15) is 4.79 Å². The molecule has 1 N–H and O–H groups in total. The van der Waals surface area contributed by atoms with Crippen LogP contribution in [0, 0.1) is 0 Å². The third-order valence-electron chi connectivity index (χ3n) is 1.71. The van der Waals surface area contributed by atoms with Gasteiger partial charge in [0.25, 0.3) is 0 Å². The molecule has 0 amide bonds. The molecule has 0 aromatic heterocycles. The summed E-state index contributed by atoms with van der Waals surface area (Å²) in [4.78, 5) is 10.2. The number of unbranched alkanes of at least 4 members (excludes halogenated alkanes) is 2. The lowest BCUT2D eigenvalue weighted by Crippen LogP contribution is -1.92. The zero-order chi connectivity index (χ0) is 12.1. The van der Waals surface area contributed by atoms with Crippen LogP contribution in [0.4, 0.5) is 0 Å². The van der Waals surface area contributed by atoms with E-state index in [1.807, 2.05) is 24.3 Å². The second kappa shape index (κ2) is 11.1. The molecule has 84 valence electrons. The fourth-order valence-corrected chi connectivity index (χ4v) is 0.974. The van der Waals surface area contributed by atoms with Crippen LogP contribution in [0.15, 0.2) is 54.2 Å². The van der Waals surface area contributed by atoms with Crippen molar-refractivity contribution >= 4 is 5.97 Å². The van der Waals surface area contributed by atoms with Crippen molar-refractivity contribution in [3.63, 3.8) is 0 Å². The molecule has 0 aliphatic carbocycles. The molecule has 0 bridgehead atoms. The Balaban J connectivity index is 3.59. The Hall–Kier alpha value is -1.97. The van der Waals surface area contributed by atoms with Gasteiger partial charge in [0, 0.05) is 6.42 Å². The molecular weight excluding hydrogens is 200 g/mol. The molecule has 0 fully saturated rings. The summed E-state index contributed by atoms with van der Waals surface area (Å²) in [5.74, 6) is -0.726. The van der Waals surface area contributed by atoms with Crippen molar-refractivity contribution in [3.8, 4) is 0 Å². The molecular formula is C14H16O2. The molecule has 16 heavy (non-hydrogen) atoms. The number of hydrogen-bond acceptors (Lipinski definition) is 1. The average Bonchev–Trinajstić information content (AvgIpc) is 2.25. The highest BCUT2D eigenvalue weighted by Crippen LogP contribution is 2.00. The van der Waals surface area contributed by atoms with Gasteiger partial charge in [0.1, 0.15) is 0 Å². The van der Waals surface area contributed by atoms with E-state index in [4.69, 9.17) is 5.11 Å². The van der Waals surface area contributed by atoms with Crippen LogP contribution in [0.1, 0.15) is 25.7 Å². The number of allylic oxidation sites excluding steroid dienone is 5. The first-order chi connectivity index (χ1) is 7.77. The lowest BCUT2D eigenvalue weighted by atomic mass is 10.2. The van der Waals surface area contributed by atoms with Crippen LogP contribution in [0.5, 0.6) is 0 Å². The van der Waals surface area contributed by atoms with Crippen LogP contribution >= 0.6 is 0 Å². The second-order valence-electron chi connectivity index (χ2n) is 3.07. The van der Waals surface area contributed by atoms with E-state index < -0.39 is 5.97 Å². The van der Waals surface area contributed by atoms with E-state index in [1.54, 1.807) is 6.08 Å². The third kappa shape index (κ3) is 12.0. The third-order valence-corrected chi connectivity index (χ3v) is 1.71. The van der Waals surface area contributed by atoms with Crippen LogP contribution in [0.3, 0.4) is 0 Å². The first-order valence-electron chi connectivity index (χ1n) is 5.17. The van der Waals surface area contributed by atoms with Gasteiger partial charge in [-0.15, -0.1) is 0 Å². The van der Waals surface area contributed by atoms with Crippen LogP contribution < -0.4 is 0 Å². The highest BCUT2D eigenvalue weighted by Gasteiger charge is 1.93. The quantitative estimate of drug-likeness (QED) is 0.402. The van der Waals surface area contributed by atoms with E-state index in [1.165, 1.54) is 0 Å². The van der Waals surface area contributed by atoms with Gasteiger partial charge in [-0.05, 0) is 37.6 Å². The standard InChI is InChI=1S/C14H16O2/c1-2-3-4-5-6-7-8-9-10-11-12-13-14(15)16/h5-9H,1,10-13H2,(H,15,16)/b7-6+,9-8+. The largest absolute Gasteiger partial charge is 0.481 e. The minimum atomic E-state index is -0.726. The lowest BCUT2D eigenvalue weighted by Gasteiger charge is -1.91. The maximum atomic E-state index is 10.2. The molecule has 2 heteroatoms. The molecule has 0 saturated carbocycles. The molecule has 0 unspecified atom stereocenters. The molecule has 0 aliphatic rings. The van der Waals surface area contributed by atoms with Crippen molar-refractivity contribution in [3.05, 3.63) is 54.2 Å². The Bertz CT molecular complexity index is 370. The van der Waals surface area contributed by atoms with Crippen LogP contribution in [-0.2, 0) is 4.79 Å². The molecule has 0 atom stereocenters. The van der Waals surface area contributed by atoms with Gasteiger partial charge < -0.3 is 5.11 Å². The molecule has 0 rings (SSSR count). The van der Waals surface area contributed by atoms with Gasteiger partial charge in [0.15, 0.2) is 0 Å². The predicted octanol–water partition coefficient (Wildman–Crippen LogP) is 3.40. The maximum Gasteiger partial charge on any atom is 0.303 e. The van der Waals surface area contributed by atoms with Crippen molar-refractivity contribution in [2.24, 2.45) is 0 Å². The van der Waals surface area contributed by atoms with Crippen LogP contribution in [0.25, 0.3) is 0 Å². The van der Waals surface area contributed by atoms with E-state index in [2.05, 4.69) is 23.8 Å². The molecule has 0 saturated heterocycles. The van der Waals surface area contributed by atoms with Crippen LogP contribution in [0.2, 0.25) is 0 Å². The molecule has 0 aromatic rings. The summed E-state index contributed by atoms with van der Waals surface area (Å²) >= 11 is 0.